The maximum atomic E-state index is 12.6. The molecule has 0 spiro atoms. The van der Waals surface area contributed by atoms with Gasteiger partial charge in [0.15, 0.2) is 0 Å². The number of carbonyl (C=O) groups excluding carboxylic acids is 1. The van der Waals surface area contributed by atoms with Crippen LogP contribution in [0.4, 0.5) is 10.5 Å². The number of thiazole rings is 1. The highest BCUT2D eigenvalue weighted by molar-refractivity contribution is 7.22. The molecule has 7 heteroatoms. The van der Waals surface area contributed by atoms with Crippen LogP contribution in [0.1, 0.15) is 16.1 Å². The molecule has 0 saturated carbocycles. The second-order valence-electron chi connectivity index (χ2n) is 7.59. The van der Waals surface area contributed by atoms with Crippen molar-refractivity contribution in [2.75, 3.05) is 5.32 Å². The van der Waals surface area contributed by atoms with Gasteiger partial charge in [0.1, 0.15) is 5.01 Å². The van der Waals surface area contributed by atoms with Gasteiger partial charge < -0.3 is 10.6 Å². The van der Waals surface area contributed by atoms with Gasteiger partial charge in [-0.2, -0.15) is 0 Å². The molecule has 0 saturated heterocycles. The van der Waals surface area contributed by atoms with Gasteiger partial charge in [0.25, 0.3) is 0 Å². The highest BCUT2D eigenvalue weighted by atomic mass is 32.1. The number of para-hydroxylation sites is 1. The summed E-state index contributed by atoms with van der Waals surface area (Å²) in [6, 6.07) is 22.4. The summed E-state index contributed by atoms with van der Waals surface area (Å²) in [5, 5.41) is 8.02. The predicted molar refractivity (Wildman–Crippen MR) is 134 cm³/mol. The standard InChI is InChI=1S/C25H18N4OS2/c30-25(27-14-24-29-20-6-2-4-8-22(20)32-24)28-17-9-16-12-26-13-19(16)18(11-17)23-10-15-5-1-3-7-21(15)31-23/h1-12H,13-14H2,(H2,27,28,30). The lowest BCUT2D eigenvalue weighted by Gasteiger charge is -2.12. The Kier molecular flexibility index (Phi) is 4.70. The molecule has 1 aliphatic heterocycles. The summed E-state index contributed by atoms with van der Waals surface area (Å²) in [4.78, 5) is 22.8. The minimum atomic E-state index is -0.249. The van der Waals surface area contributed by atoms with Crippen LogP contribution in [0.15, 0.2) is 71.7 Å². The van der Waals surface area contributed by atoms with Gasteiger partial charge in [0, 0.05) is 27.0 Å². The van der Waals surface area contributed by atoms with Crippen molar-refractivity contribution in [3.63, 3.8) is 0 Å². The number of anilines is 1. The van der Waals surface area contributed by atoms with Crippen molar-refractivity contribution < 1.29 is 4.79 Å². The van der Waals surface area contributed by atoms with Crippen molar-refractivity contribution >= 4 is 60.9 Å². The van der Waals surface area contributed by atoms with E-state index in [1.165, 1.54) is 20.5 Å². The Bertz CT molecular complexity index is 1450. The van der Waals surface area contributed by atoms with E-state index in [1.54, 1.807) is 22.7 Å². The first-order valence-corrected chi connectivity index (χ1v) is 11.9. The molecule has 0 atom stereocenters. The highest BCUT2D eigenvalue weighted by Gasteiger charge is 2.17. The number of aromatic nitrogens is 1. The van der Waals surface area contributed by atoms with Gasteiger partial charge in [-0.15, -0.1) is 22.7 Å². The van der Waals surface area contributed by atoms with Crippen LogP contribution in [0, 0.1) is 0 Å². The number of hydrogen-bond donors (Lipinski definition) is 2. The molecule has 0 unspecified atom stereocenters. The Hall–Kier alpha value is -3.55. The van der Waals surface area contributed by atoms with Crippen molar-refractivity contribution in [2.24, 2.45) is 4.99 Å². The average Bonchev–Trinajstić information content (AvgIpc) is 3.54. The van der Waals surface area contributed by atoms with Crippen LogP contribution in [0.2, 0.25) is 0 Å². The van der Waals surface area contributed by atoms with Gasteiger partial charge in [-0.1, -0.05) is 30.3 Å². The fraction of sp³-hybridized carbons (Fsp3) is 0.0800. The van der Waals surface area contributed by atoms with E-state index < -0.39 is 0 Å². The first-order valence-electron chi connectivity index (χ1n) is 10.3. The van der Waals surface area contributed by atoms with E-state index >= 15 is 0 Å². The number of hydrogen-bond acceptors (Lipinski definition) is 5. The zero-order valence-electron chi connectivity index (χ0n) is 17.0. The molecule has 1 aliphatic rings. The summed E-state index contributed by atoms with van der Waals surface area (Å²) in [6.45, 7) is 1.06. The van der Waals surface area contributed by atoms with Gasteiger partial charge in [-0.3, -0.25) is 4.99 Å². The van der Waals surface area contributed by atoms with E-state index in [9.17, 15) is 4.79 Å². The average molecular weight is 455 g/mol. The lowest BCUT2D eigenvalue weighted by Crippen LogP contribution is -2.28. The molecule has 0 fully saturated rings. The number of aliphatic imine (C=N–C) groups is 1. The maximum absolute atomic E-state index is 12.6. The van der Waals surface area contributed by atoms with Crippen molar-refractivity contribution in [2.45, 2.75) is 13.1 Å². The van der Waals surface area contributed by atoms with Crippen LogP contribution in [-0.4, -0.2) is 17.2 Å². The molecule has 156 valence electrons. The molecule has 6 rings (SSSR count). The van der Waals surface area contributed by atoms with E-state index in [0.29, 0.717) is 13.1 Å². The van der Waals surface area contributed by atoms with E-state index in [1.807, 2.05) is 36.5 Å². The molecule has 5 nitrogen and oxygen atoms in total. The normalized spacial score (nSPS) is 12.4. The number of fused-ring (bicyclic) bond motifs is 3. The SMILES string of the molecule is O=C(NCc1nc2ccccc2s1)Nc1cc2c(c(-c3cc4ccccc4s3)c1)CN=C2. The number of rotatable bonds is 4. The minimum Gasteiger partial charge on any atom is -0.331 e. The number of urea groups is 1. The quantitative estimate of drug-likeness (QED) is 0.328. The Balaban J connectivity index is 1.24. The molecule has 32 heavy (non-hydrogen) atoms. The number of amides is 2. The first kappa shape index (κ1) is 19.2. The van der Waals surface area contributed by atoms with Crippen LogP contribution in [0.5, 0.6) is 0 Å². The van der Waals surface area contributed by atoms with E-state index in [-0.39, 0.29) is 6.03 Å². The number of thiophene rings is 1. The molecule has 2 aromatic heterocycles. The summed E-state index contributed by atoms with van der Waals surface area (Å²) < 4.78 is 2.37. The second-order valence-corrected chi connectivity index (χ2v) is 9.79. The van der Waals surface area contributed by atoms with Crippen molar-refractivity contribution in [3.05, 3.63) is 82.9 Å². The zero-order valence-corrected chi connectivity index (χ0v) is 18.6. The molecule has 3 heterocycles. The van der Waals surface area contributed by atoms with E-state index in [0.717, 1.165) is 32.0 Å². The van der Waals surface area contributed by atoms with Crippen LogP contribution >= 0.6 is 22.7 Å². The van der Waals surface area contributed by atoms with E-state index in [4.69, 9.17) is 0 Å². The van der Waals surface area contributed by atoms with Gasteiger partial charge in [0.2, 0.25) is 0 Å². The van der Waals surface area contributed by atoms with Crippen LogP contribution in [-0.2, 0) is 13.1 Å². The Morgan fingerprint density at radius 2 is 1.81 bits per heavy atom. The summed E-state index contributed by atoms with van der Waals surface area (Å²) in [7, 11) is 0. The second kappa shape index (κ2) is 7.85. The number of nitrogens with one attached hydrogen (secondary N) is 2. The molecule has 0 aliphatic carbocycles. The van der Waals surface area contributed by atoms with Gasteiger partial charge in [-0.05, 0) is 52.9 Å². The summed E-state index contributed by atoms with van der Waals surface area (Å²) >= 11 is 3.36. The minimum absolute atomic E-state index is 0.249. The molecular weight excluding hydrogens is 436 g/mol. The summed E-state index contributed by atoms with van der Waals surface area (Å²) in [6.07, 6.45) is 1.89. The molecule has 2 N–H and O–H groups in total. The highest BCUT2D eigenvalue weighted by Crippen LogP contribution is 2.39. The zero-order chi connectivity index (χ0) is 21.5. The van der Waals surface area contributed by atoms with Crippen LogP contribution in [0.25, 0.3) is 30.7 Å². The monoisotopic (exact) mass is 454 g/mol. The summed E-state index contributed by atoms with van der Waals surface area (Å²) in [5.74, 6) is 0. The third-order valence-electron chi connectivity index (χ3n) is 5.45. The molecule has 5 aromatic rings. The first-order chi connectivity index (χ1) is 15.7. The Morgan fingerprint density at radius 1 is 0.969 bits per heavy atom. The maximum Gasteiger partial charge on any atom is 0.319 e. The van der Waals surface area contributed by atoms with Crippen LogP contribution < -0.4 is 10.6 Å². The van der Waals surface area contributed by atoms with Crippen molar-refractivity contribution in [3.8, 4) is 10.4 Å². The summed E-state index contributed by atoms with van der Waals surface area (Å²) in [5.41, 5.74) is 5.10. The number of nitrogens with zero attached hydrogens (tertiary/aromatic N) is 2. The predicted octanol–water partition coefficient (Wildman–Crippen LogP) is 6.43. The van der Waals surface area contributed by atoms with Gasteiger partial charge in [0.05, 0.1) is 23.3 Å². The molecular formula is C25H18N4OS2. The Labute approximate surface area is 192 Å². The third-order valence-corrected chi connectivity index (χ3v) is 7.64. The number of carbonyl (C=O) groups is 1. The topological polar surface area (TPSA) is 66.4 Å². The molecule has 0 radical (unpaired) electrons. The largest absolute Gasteiger partial charge is 0.331 e. The van der Waals surface area contributed by atoms with E-state index in [2.05, 4.69) is 57.0 Å². The lowest BCUT2D eigenvalue weighted by molar-refractivity contribution is 0.251. The van der Waals surface area contributed by atoms with Crippen molar-refractivity contribution in [1.82, 2.24) is 10.3 Å². The third kappa shape index (κ3) is 3.55. The fourth-order valence-electron chi connectivity index (χ4n) is 3.95. The lowest BCUT2D eigenvalue weighted by atomic mass is 10.0. The fourth-order valence-corrected chi connectivity index (χ4v) is 5.97. The molecule has 2 amide bonds. The number of benzene rings is 3. The Morgan fingerprint density at radius 3 is 2.69 bits per heavy atom. The van der Waals surface area contributed by atoms with Gasteiger partial charge >= 0.3 is 6.03 Å². The molecule has 3 aromatic carbocycles. The van der Waals surface area contributed by atoms with Gasteiger partial charge in [-0.25, -0.2) is 9.78 Å². The van der Waals surface area contributed by atoms with Crippen molar-refractivity contribution in [1.29, 1.82) is 0 Å². The molecule has 0 bridgehead atoms. The smallest absolute Gasteiger partial charge is 0.319 e. The van der Waals surface area contributed by atoms with Crippen LogP contribution in [0.3, 0.4) is 0 Å².